The van der Waals surface area contributed by atoms with Crippen LogP contribution in [0.5, 0.6) is 0 Å². The number of rotatable bonds is 3. The number of aromatic nitrogens is 1. The number of anilines is 1. The van der Waals surface area contributed by atoms with Crippen LogP contribution in [0.1, 0.15) is 0 Å². The quantitative estimate of drug-likeness (QED) is 0.750. The van der Waals surface area contributed by atoms with E-state index in [4.69, 9.17) is 39.2 Å². The van der Waals surface area contributed by atoms with Crippen LogP contribution in [0.2, 0.25) is 15.1 Å². The van der Waals surface area contributed by atoms with Crippen LogP contribution in [0.25, 0.3) is 11.1 Å². The lowest BCUT2D eigenvalue weighted by atomic mass is 10.3. The minimum absolute atomic E-state index is 0.226. The van der Waals surface area contributed by atoms with Crippen LogP contribution in [0, 0.1) is 0 Å². The highest BCUT2D eigenvalue weighted by Crippen LogP contribution is 2.29. The first-order chi connectivity index (χ1) is 11.0. The highest BCUT2D eigenvalue weighted by molar-refractivity contribution is 6.44. The van der Waals surface area contributed by atoms with Crippen LogP contribution in [0.15, 0.2) is 45.6 Å². The Morgan fingerprint density at radius 3 is 2.74 bits per heavy atom. The summed E-state index contributed by atoms with van der Waals surface area (Å²) in [5.41, 5.74) is 1.16. The molecular formula is C15H9Cl3N2O3. The second-order valence-electron chi connectivity index (χ2n) is 4.72. The SMILES string of the molecule is O=C(Cn1c(=O)oc2cc(Cl)ccc21)Nc1cccc(Cl)c1Cl. The third kappa shape index (κ3) is 3.22. The Labute approximate surface area is 145 Å². The normalized spacial score (nSPS) is 10.9. The maximum absolute atomic E-state index is 12.2. The number of benzene rings is 2. The molecule has 0 aliphatic rings. The standard InChI is InChI=1S/C15H9Cl3N2O3/c16-8-4-5-11-12(6-8)23-15(22)20(11)7-13(21)19-10-3-1-2-9(17)14(10)18/h1-6H,7H2,(H,19,21). The minimum atomic E-state index is -0.644. The number of halogens is 3. The number of carbonyl (C=O) groups is 1. The van der Waals surface area contributed by atoms with Crippen LogP contribution in [-0.2, 0) is 11.3 Å². The highest BCUT2D eigenvalue weighted by atomic mass is 35.5. The molecule has 1 aromatic heterocycles. The molecule has 0 fully saturated rings. The first-order valence-corrected chi connectivity index (χ1v) is 7.62. The minimum Gasteiger partial charge on any atom is -0.408 e. The van der Waals surface area contributed by atoms with Gasteiger partial charge in [-0.05, 0) is 24.3 Å². The van der Waals surface area contributed by atoms with Crippen molar-refractivity contribution in [3.05, 3.63) is 62.0 Å². The fourth-order valence-corrected chi connectivity index (χ4v) is 2.63. The molecule has 3 rings (SSSR count). The lowest BCUT2D eigenvalue weighted by Gasteiger charge is -2.08. The topological polar surface area (TPSA) is 64.2 Å². The van der Waals surface area contributed by atoms with Crippen molar-refractivity contribution in [2.45, 2.75) is 6.54 Å². The molecule has 0 saturated heterocycles. The molecule has 0 radical (unpaired) electrons. The Morgan fingerprint density at radius 1 is 1.17 bits per heavy atom. The Morgan fingerprint density at radius 2 is 1.96 bits per heavy atom. The number of fused-ring (bicyclic) bond motifs is 1. The molecule has 118 valence electrons. The largest absolute Gasteiger partial charge is 0.420 e. The monoisotopic (exact) mass is 370 g/mol. The molecule has 8 heteroatoms. The second-order valence-corrected chi connectivity index (χ2v) is 5.94. The van der Waals surface area contributed by atoms with Gasteiger partial charge in [-0.3, -0.25) is 9.36 Å². The van der Waals surface area contributed by atoms with Crippen LogP contribution < -0.4 is 11.1 Å². The van der Waals surface area contributed by atoms with E-state index in [9.17, 15) is 9.59 Å². The third-order valence-corrected chi connectivity index (χ3v) is 4.21. The number of nitrogens with zero attached hydrogens (tertiary/aromatic N) is 1. The van der Waals surface area contributed by atoms with Crippen molar-refractivity contribution in [2.24, 2.45) is 0 Å². The molecule has 23 heavy (non-hydrogen) atoms. The number of nitrogens with one attached hydrogen (secondary N) is 1. The Balaban J connectivity index is 1.87. The summed E-state index contributed by atoms with van der Waals surface area (Å²) in [7, 11) is 0. The van der Waals surface area contributed by atoms with Gasteiger partial charge in [0.2, 0.25) is 5.91 Å². The van der Waals surface area contributed by atoms with E-state index in [2.05, 4.69) is 5.32 Å². The van der Waals surface area contributed by atoms with Crippen LogP contribution >= 0.6 is 34.8 Å². The van der Waals surface area contributed by atoms with E-state index in [-0.39, 0.29) is 11.6 Å². The molecule has 0 aliphatic carbocycles. The molecule has 2 aromatic carbocycles. The van der Waals surface area contributed by atoms with Gasteiger partial charge in [0.1, 0.15) is 6.54 Å². The molecule has 0 aliphatic heterocycles. The van der Waals surface area contributed by atoms with E-state index in [1.54, 1.807) is 30.3 Å². The average Bonchev–Trinajstić information content (AvgIpc) is 2.79. The number of hydrogen-bond acceptors (Lipinski definition) is 3. The van der Waals surface area contributed by atoms with E-state index in [1.165, 1.54) is 10.6 Å². The summed E-state index contributed by atoms with van der Waals surface area (Å²) in [4.78, 5) is 24.1. The zero-order valence-electron chi connectivity index (χ0n) is 11.5. The van der Waals surface area contributed by atoms with Crippen molar-refractivity contribution in [3.8, 4) is 0 Å². The second kappa shape index (κ2) is 6.28. The predicted octanol–water partition coefficient (Wildman–Crippen LogP) is 4.19. The Kier molecular flexibility index (Phi) is 4.35. The summed E-state index contributed by atoms with van der Waals surface area (Å²) >= 11 is 17.8. The summed E-state index contributed by atoms with van der Waals surface area (Å²) in [5.74, 6) is -1.08. The van der Waals surface area contributed by atoms with Crippen LogP contribution in [0.3, 0.4) is 0 Å². The van der Waals surface area contributed by atoms with Crippen molar-refractivity contribution in [3.63, 3.8) is 0 Å². The average molecular weight is 372 g/mol. The van der Waals surface area contributed by atoms with E-state index in [0.717, 1.165) is 0 Å². The van der Waals surface area contributed by atoms with Crippen LogP contribution in [-0.4, -0.2) is 10.5 Å². The van der Waals surface area contributed by atoms with Gasteiger partial charge in [-0.2, -0.15) is 0 Å². The first-order valence-electron chi connectivity index (χ1n) is 6.48. The lowest BCUT2D eigenvalue weighted by molar-refractivity contribution is -0.116. The maximum atomic E-state index is 12.2. The van der Waals surface area contributed by atoms with E-state index in [0.29, 0.717) is 26.8 Å². The van der Waals surface area contributed by atoms with Gasteiger partial charge in [-0.25, -0.2) is 4.79 Å². The number of amides is 1. The predicted molar refractivity (Wildman–Crippen MR) is 90.6 cm³/mol. The number of carbonyl (C=O) groups excluding carboxylic acids is 1. The first kappa shape index (κ1) is 15.9. The zero-order chi connectivity index (χ0) is 16.6. The zero-order valence-corrected chi connectivity index (χ0v) is 13.7. The summed E-state index contributed by atoms with van der Waals surface area (Å²) in [5, 5.41) is 3.61. The fraction of sp³-hybridized carbons (Fsp3) is 0.0667. The van der Waals surface area contributed by atoms with Gasteiger partial charge in [0, 0.05) is 11.1 Å². The van der Waals surface area contributed by atoms with Gasteiger partial charge in [-0.15, -0.1) is 0 Å². The van der Waals surface area contributed by atoms with E-state index in [1.807, 2.05) is 0 Å². The fourth-order valence-electron chi connectivity index (χ4n) is 2.12. The molecule has 5 nitrogen and oxygen atoms in total. The molecule has 3 aromatic rings. The van der Waals surface area contributed by atoms with Crippen LogP contribution in [0.4, 0.5) is 5.69 Å². The van der Waals surface area contributed by atoms with Crippen molar-refractivity contribution >= 4 is 57.5 Å². The van der Waals surface area contributed by atoms with Crippen molar-refractivity contribution in [1.29, 1.82) is 0 Å². The molecule has 0 atom stereocenters. The summed E-state index contributed by atoms with van der Waals surface area (Å²) in [6.07, 6.45) is 0. The molecule has 1 amide bonds. The smallest absolute Gasteiger partial charge is 0.408 e. The van der Waals surface area contributed by atoms with Gasteiger partial charge in [-0.1, -0.05) is 40.9 Å². The molecule has 0 saturated carbocycles. The molecule has 1 heterocycles. The Hall–Kier alpha value is -1.95. The van der Waals surface area contributed by atoms with Crippen molar-refractivity contribution in [1.82, 2.24) is 4.57 Å². The van der Waals surface area contributed by atoms with Gasteiger partial charge in [0.15, 0.2) is 5.58 Å². The van der Waals surface area contributed by atoms with Crippen molar-refractivity contribution < 1.29 is 9.21 Å². The van der Waals surface area contributed by atoms with E-state index < -0.39 is 11.7 Å². The number of oxazole rings is 1. The van der Waals surface area contributed by atoms with Gasteiger partial charge >= 0.3 is 5.76 Å². The molecule has 0 spiro atoms. The van der Waals surface area contributed by atoms with Gasteiger partial charge < -0.3 is 9.73 Å². The summed E-state index contributed by atoms with van der Waals surface area (Å²) in [6.45, 7) is -0.226. The maximum Gasteiger partial charge on any atom is 0.420 e. The Bertz CT molecular complexity index is 962. The number of hydrogen-bond donors (Lipinski definition) is 1. The highest BCUT2D eigenvalue weighted by Gasteiger charge is 2.14. The van der Waals surface area contributed by atoms with Gasteiger partial charge in [0.05, 0.1) is 21.2 Å². The lowest BCUT2D eigenvalue weighted by Crippen LogP contribution is -2.24. The molecular weight excluding hydrogens is 363 g/mol. The van der Waals surface area contributed by atoms with E-state index >= 15 is 0 Å². The summed E-state index contributed by atoms with van der Waals surface area (Å²) < 4.78 is 6.28. The van der Waals surface area contributed by atoms with Gasteiger partial charge in [0.25, 0.3) is 0 Å². The molecule has 1 N–H and O–H groups in total. The third-order valence-electron chi connectivity index (χ3n) is 3.16. The summed E-state index contributed by atoms with van der Waals surface area (Å²) in [6, 6.07) is 9.62. The molecule has 0 unspecified atom stereocenters. The molecule has 0 bridgehead atoms. The van der Waals surface area contributed by atoms with Crippen molar-refractivity contribution in [2.75, 3.05) is 5.32 Å².